The lowest BCUT2D eigenvalue weighted by Gasteiger charge is -2.09. The summed E-state index contributed by atoms with van der Waals surface area (Å²) in [7, 11) is 0. The van der Waals surface area contributed by atoms with Crippen LogP contribution in [0.5, 0.6) is 0 Å². The molecule has 0 amide bonds. The Kier molecular flexibility index (Phi) is 4.83. The second kappa shape index (κ2) is 7.19. The Morgan fingerprint density at radius 2 is 2.04 bits per heavy atom. The van der Waals surface area contributed by atoms with E-state index >= 15 is 0 Å². The lowest BCUT2D eigenvalue weighted by Crippen LogP contribution is -2.04. The van der Waals surface area contributed by atoms with Crippen molar-refractivity contribution in [2.45, 2.75) is 13.5 Å². The van der Waals surface area contributed by atoms with Gasteiger partial charge >= 0.3 is 0 Å². The number of pyridine rings is 1. The number of rotatable bonds is 5. The van der Waals surface area contributed by atoms with Gasteiger partial charge in [0.05, 0.1) is 0 Å². The predicted molar refractivity (Wildman–Crippen MR) is 95.8 cm³/mol. The van der Waals surface area contributed by atoms with Crippen molar-refractivity contribution in [1.29, 1.82) is 0 Å². The lowest BCUT2D eigenvalue weighted by molar-refractivity contribution is 1.07. The van der Waals surface area contributed by atoms with Crippen molar-refractivity contribution in [1.82, 2.24) is 15.0 Å². The minimum absolute atomic E-state index is 0.553. The maximum Gasteiger partial charge on any atom is 0.229 e. The Hall–Kier alpha value is -2.47. The van der Waals surface area contributed by atoms with Crippen molar-refractivity contribution in [2.24, 2.45) is 0 Å². The van der Waals surface area contributed by atoms with Crippen LogP contribution in [0, 0.1) is 6.92 Å². The average molecular weight is 370 g/mol. The summed E-state index contributed by atoms with van der Waals surface area (Å²) in [6.45, 7) is 2.72. The van der Waals surface area contributed by atoms with Gasteiger partial charge in [-0.15, -0.1) is 0 Å². The highest BCUT2D eigenvalue weighted by atomic mass is 79.9. The molecule has 0 saturated heterocycles. The van der Waals surface area contributed by atoms with Crippen LogP contribution in [0.4, 0.5) is 17.5 Å². The average Bonchev–Trinajstić information content (AvgIpc) is 2.58. The summed E-state index contributed by atoms with van der Waals surface area (Å²) < 4.78 is 1.05. The zero-order valence-electron chi connectivity index (χ0n) is 12.6. The summed E-state index contributed by atoms with van der Waals surface area (Å²) in [5, 5.41) is 6.47. The zero-order chi connectivity index (χ0) is 16.1. The van der Waals surface area contributed by atoms with E-state index in [2.05, 4.69) is 41.5 Å². The molecule has 0 aliphatic rings. The second-order valence-electron chi connectivity index (χ2n) is 5.07. The van der Waals surface area contributed by atoms with E-state index in [4.69, 9.17) is 0 Å². The van der Waals surface area contributed by atoms with Crippen LogP contribution in [0.3, 0.4) is 0 Å². The molecule has 0 fully saturated rings. The van der Waals surface area contributed by atoms with Gasteiger partial charge in [0.25, 0.3) is 0 Å². The molecule has 1 aromatic carbocycles. The van der Waals surface area contributed by atoms with Crippen molar-refractivity contribution in [3.63, 3.8) is 0 Å². The molecular formula is C17H16BrN5. The number of aryl methyl sites for hydroxylation is 1. The molecule has 3 rings (SSSR count). The number of anilines is 3. The second-order valence-corrected chi connectivity index (χ2v) is 5.92. The summed E-state index contributed by atoms with van der Waals surface area (Å²) in [6, 6.07) is 11.8. The number of benzene rings is 1. The van der Waals surface area contributed by atoms with Gasteiger partial charge in [-0.1, -0.05) is 28.1 Å². The van der Waals surface area contributed by atoms with Crippen molar-refractivity contribution >= 4 is 33.4 Å². The standard InChI is InChI=1S/C17H16BrN5/c1-12-4-5-14(9-15(12)18)22-17-20-8-6-16(23-17)21-11-13-3-2-7-19-10-13/h2-10H,11H2,1H3,(H2,20,21,22,23). The molecule has 0 spiro atoms. The van der Waals surface area contributed by atoms with Gasteiger partial charge < -0.3 is 10.6 Å². The smallest absolute Gasteiger partial charge is 0.229 e. The highest BCUT2D eigenvalue weighted by Crippen LogP contribution is 2.22. The summed E-state index contributed by atoms with van der Waals surface area (Å²) in [4.78, 5) is 12.8. The van der Waals surface area contributed by atoms with Gasteiger partial charge in [-0.3, -0.25) is 4.98 Å². The van der Waals surface area contributed by atoms with Crippen LogP contribution in [0.25, 0.3) is 0 Å². The molecular weight excluding hydrogens is 354 g/mol. The third-order valence-corrected chi connectivity index (χ3v) is 4.13. The van der Waals surface area contributed by atoms with Gasteiger partial charge in [-0.05, 0) is 42.3 Å². The van der Waals surface area contributed by atoms with E-state index in [1.165, 1.54) is 5.56 Å². The lowest BCUT2D eigenvalue weighted by atomic mass is 10.2. The molecule has 2 aromatic heterocycles. The number of nitrogens with one attached hydrogen (secondary N) is 2. The van der Waals surface area contributed by atoms with Gasteiger partial charge in [-0.25, -0.2) is 4.98 Å². The Morgan fingerprint density at radius 3 is 2.83 bits per heavy atom. The van der Waals surface area contributed by atoms with Crippen LogP contribution in [0.2, 0.25) is 0 Å². The maximum atomic E-state index is 4.47. The summed E-state index contributed by atoms with van der Waals surface area (Å²) in [5.74, 6) is 1.31. The molecule has 0 unspecified atom stereocenters. The molecule has 3 aromatic rings. The van der Waals surface area contributed by atoms with Crippen LogP contribution in [-0.4, -0.2) is 15.0 Å². The number of halogens is 1. The molecule has 0 radical (unpaired) electrons. The van der Waals surface area contributed by atoms with E-state index in [-0.39, 0.29) is 0 Å². The molecule has 0 aliphatic heterocycles. The van der Waals surface area contributed by atoms with Gasteiger partial charge in [0, 0.05) is 35.3 Å². The van der Waals surface area contributed by atoms with Crippen molar-refractivity contribution < 1.29 is 0 Å². The monoisotopic (exact) mass is 369 g/mol. The fraction of sp³-hybridized carbons (Fsp3) is 0.118. The summed E-state index contributed by atoms with van der Waals surface area (Å²) in [5.41, 5.74) is 3.22. The highest BCUT2D eigenvalue weighted by Gasteiger charge is 2.02. The van der Waals surface area contributed by atoms with E-state index in [1.54, 1.807) is 12.4 Å². The fourth-order valence-electron chi connectivity index (χ4n) is 2.01. The Balaban J connectivity index is 1.68. The molecule has 2 N–H and O–H groups in total. The summed E-state index contributed by atoms with van der Waals surface area (Å²) >= 11 is 3.53. The molecule has 23 heavy (non-hydrogen) atoms. The first-order valence-electron chi connectivity index (χ1n) is 7.20. The first-order chi connectivity index (χ1) is 11.2. The third-order valence-electron chi connectivity index (χ3n) is 3.28. The Bertz CT molecular complexity index is 792. The Morgan fingerprint density at radius 1 is 1.13 bits per heavy atom. The third kappa shape index (κ3) is 4.26. The first kappa shape index (κ1) is 15.4. The molecule has 2 heterocycles. The SMILES string of the molecule is Cc1ccc(Nc2nccc(NCc3cccnc3)n2)cc1Br. The van der Waals surface area contributed by atoms with E-state index in [0.29, 0.717) is 12.5 Å². The van der Waals surface area contributed by atoms with Gasteiger partial charge in [0.1, 0.15) is 5.82 Å². The van der Waals surface area contributed by atoms with Crippen LogP contribution < -0.4 is 10.6 Å². The molecule has 6 heteroatoms. The van der Waals surface area contributed by atoms with Gasteiger partial charge in [0.2, 0.25) is 5.95 Å². The number of hydrogen-bond donors (Lipinski definition) is 2. The molecule has 0 bridgehead atoms. The molecule has 0 saturated carbocycles. The quantitative estimate of drug-likeness (QED) is 0.701. The van der Waals surface area contributed by atoms with E-state index in [1.807, 2.05) is 49.5 Å². The van der Waals surface area contributed by atoms with Crippen molar-refractivity contribution in [2.75, 3.05) is 10.6 Å². The van der Waals surface area contributed by atoms with Crippen molar-refractivity contribution in [3.8, 4) is 0 Å². The van der Waals surface area contributed by atoms with Gasteiger partial charge in [-0.2, -0.15) is 4.98 Å². The van der Waals surface area contributed by atoms with Crippen molar-refractivity contribution in [3.05, 3.63) is 70.6 Å². The number of nitrogens with zero attached hydrogens (tertiary/aromatic N) is 3. The van der Waals surface area contributed by atoms with Gasteiger partial charge in [0.15, 0.2) is 0 Å². The molecule has 116 valence electrons. The van der Waals surface area contributed by atoms with Crippen LogP contribution in [-0.2, 0) is 6.54 Å². The molecule has 0 atom stereocenters. The van der Waals surface area contributed by atoms with Crippen LogP contribution in [0.15, 0.2) is 59.5 Å². The molecule has 0 aliphatic carbocycles. The summed E-state index contributed by atoms with van der Waals surface area (Å²) in [6.07, 6.45) is 5.32. The topological polar surface area (TPSA) is 62.7 Å². The van der Waals surface area contributed by atoms with E-state index in [0.717, 1.165) is 21.5 Å². The van der Waals surface area contributed by atoms with Crippen LogP contribution in [0.1, 0.15) is 11.1 Å². The van der Waals surface area contributed by atoms with E-state index < -0.39 is 0 Å². The predicted octanol–water partition coefficient (Wildman–Crippen LogP) is 4.30. The highest BCUT2D eigenvalue weighted by molar-refractivity contribution is 9.10. The molecule has 5 nitrogen and oxygen atoms in total. The number of aromatic nitrogens is 3. The first-order valence-corrected chi connectivity index (χ1v) is 7.99. The normalized spacial score (nSPS) is 10.3. The fourth-order valence-corrected chi connectivity index (χ4v) is 2.39. The number of hydrogen-bond acceptors (Lipinski definition) is 5. The maximum absolute atomic E-state index is 4.47. The largest absolute Gasteiger partial charge is 0.366 e. The van der Waals surface area contributed by atoms with E-state index in [9.17, 15) is 0 Å². The minimum Gasteiger partial charge on any atom is -0.366 e. The minimum atomic E-state index is 0.553. The zero-order valence-corrected chi connectivity index (χ0v) is 14.2. The Labute approximate surface area is 143 Å². The van der Waals surface area contributed by atoms with Crippen LogP contribution >= 0.6 is 15.9 Å².